The zero-order chi connectivity index (χ0) is 19.4. The van der Waals surface area contributed by atoms with Crippen LogP contribution in [0.5, 0.6) is 0 Å². The maximum atomic E-state index is 12.5. The number of esters is 1. The van der Waals surface area contributed by atoms with Crippen LogP contribution >= 0.6 is 0 Å². The number of ether oxygens (including phenoxy) is 1. The Labute approximate surface area is 155 Å². The Morgan fingerprint density at radius 3 is 2.33 bits per heavy atom. The maximum absolute atomic E-state index is 12.5. The van der Waals surface area contributed by atoms with Gasteiger partial charge in [-0.3, -0.25) is 14.4 Å². The number of nitrogens with one attached hydrogen (secondary N) is 1. The number of imide groups is 1. The molecule has 0 aliphatic carbocycles. The largest absolute Gasteiger partial charge is 0.452 e. The zero-order valence-corrected chi connectivity index (χ0v) is 14.3. The number of anilines is 1. The standard InChI is InChI=1S/C20H16N2O5/c1-2-10-21-17(23)12-27-20(26)13-6-5-7-14(11-13)22-18(24)15-8-3-4-9-16(15)19(22)25/h2-9,11H,1,10,12H2,(H,21,23). The molecule has 2 aromatic rings. The van der Waals surface area contributed by atoms with Gasteiger partial charge in [0.1, 0.15) is 0 Å². The summed E-state index contributed by atoms with van der Waals surface area (Å²) in [7, 11) is 0. The Morgan fingerprint density at radius 2 is 1.70 bits per heavy atom. The number of carbonyl (C=O) groups is 4. The van der Waals surface area contributed by atoms with Crippen molar-refractivity contribution >= 4 is 29.4 Å². The lowest BCUT2D eigenvalue weighted by molar-refractivity contribution is -0.124. The summed E-state index contributed by atoms with van der Waals surface area (Å²) in [6.07, 6.45) is 1.51. The number of nitrogens with zero attached hydrogens (tertiary/aromatic N) is 1. The lowest BCUT2D eigenvalue weighted by Crippen LogP contribution is -2.30. The molecule has 0 spiro atoms. The van der Waals surface area contributed by atoms with Crippen molar-refractivity contribution in [1.29, 1.82) is 0 Å². The highest BCUT2D eigenvalue weighted by Crippen LogP contribution is 2.28. The average molecular weight is 364 g/mol. The number of amides is 3. The molecular weight excluding hydrogens is 348 g/mol. The summed E-state index contributed by atoms with van der Waals surface area (Å²) in [4.78, 5) is 49.7. The molecule has 1 heterocycles. The van der Waals surface area contributed by atoms with Crippen LogP contribution in [0.15, 0.2) is 61.2 Å². The molecule has 3 amide bonds. The molecule has 0 aromatic heterocycles. The van der Waals surface area contributed by atoms with E-state index in [2.05, 4.69) is 11.9 Å². The van der Waals surface area contributed by atoms with E-state index >= 15 is 0 Å². The van der Waals surface area contributed by atoms with Crippen LogP contribution in [0.3, 0.4) is 0 Å². The third kappa shape index (κ3) is 3.62. The zero-order valence-electron chi connectivity index (χ0n) is 14.3. The average Bonchev–Trinajstić information content (AvgIpc) is 2.95. The quantitative estimate of drug-likeness (QED) is 0.480. The van der Waals surface area contributed by atoms with E-state index in [1.165, 1.54) is 24.3 Å². The van der Waals surface area contributed by atoms with Crippen LogP contribution in [-0.4, -0.2) is 36.8 Å². The number of benzene rings is 2. The molecule has 2 aromatic carbocycles. The van der Waals surface area contributed by atoms with Gasteiger partial charge in [0.15, 0.2) is 6.61 Å². The fraction of sp³-hybridized carbons (Fsp3) is 0.100. The summed E-state index contributed by atoms with van der Waals surface area (Å²) in [5, 5.41) is 2.49. The molecule has 0 fully saturated rings. The van der Waals surface area contributed by atoms with Gasteiger partial charge >= 0.3 is 5.97 Å². The van der Waals surface area contributed by atoms with Gasteiger partial charge < -0.3 is 10.1 Å². The van der Waals surface area contributed by atoms with Gasteiger partial charge in [-0.25, -0.2) is 9.69 Å². The first-order valence-corrected chi connectivity index (χ1v) is 8.15. The molecule has 0 saturated heterocycles. The van der Waals surface area contributed by atoms with Gasteiger partial charge in [-0.1, -0.05) is 24.3 Å². The fourth-order valence-electron chi connectivity index (χ4n) is 2.65. The van der Waals surface area contributed by atoms with E-state index in [0.29, 0.717) is 11.1 Å². The molecule has 1 aliphatic heterocycles. The topological polar surface area (TPSA) is 92.8 Å². The van der Waals surface area contributed by atoms with Gasteiger partial charge in [0.25, 0.3) is 17.7 Å². The molecule has 0 unspecified atom stereocenters. The number of rotatable bonds is 6. The lowest BCUT2D eigenvalue weighted by Gasteiger charge is -2.14. The van der Waals surface area contributed by atoms with Gasteiger partial charge in [-0.05, 0) is 30.3 Å². The first kappa shape index (κ1) is 18.1. The minimum Gasteiger partial charge on any atom is -0.452 e. The predicted molar refractivity (Wildman–Crippen MR) is 97.5 cm³/mol. The smallest absolute Gasteiger partial charge is 0.338 e. The molecule has 0 radical (unpaired) electrons. The number of hydrogen-bond acceptors (Lipinski definition) is 5. The van der Waals surface area contributed by atoms with Crippen LogP contribution in [0.25, 0.3) is 0 Å². The number of carbonyl (C=O) groups excluding carboxylic acids is 4. The minimum absolute atomic E-state index is 0.126. The molecule has 0 bridgehead atoms. The van der Waals surface area contributed by atoms with E-state index in [-0.39, 0.29) is 17.8 Å². The molecule has 3 rings (SSSR count). The fourth-order valence-corrected chi connectivity index (χ4v) is 2.65. The van der Waals surface area contributed by atoms with Gasteiger partial charge in [-0.15, -0.1) is 6.58 Å². The molecule has 1 N–H and O–H groups in total. The first-order valence-electron chi connectivity index (χ1n) is 8.15. The van der Waals surface area contributed by atoms with E-state index in [1.807, 2.05) is 0 Å². The number of fused-ring (bicyclic) bond motifs is 1. The van der Waals surface area contributed by atoms with Crippen LogP contribution in [0, 0.1) is 0 Å². The SMILES string of the molecule is C=CCNC(=O)COC(=O)c1cccc(N2C(=O)c3ccccc3C2=O)c1. The summed E-state index contributed by atoms with van der Waals surface area (Å²) < 4.78 is 4.95. The monoisotopic (exact) mass is 364 g/mol. The third-order valence-corrected chi connectivity index (χ3v) is 3.91. The second-order valence-electron chi connectivity index (χ2n) is 5.71. The third-order valence-electron chi connectivity index (χ3n) is 3.91. The van der Waals surface area contributed by atoms with Crippen molar-refractivity contribution in [1.82, 2.24) is 5.32 Å². The molecular formula is C20H16N2O5. The molecule has 7 nitrogen and oxygen atoms in total. The highest BCUT2D eigenvalue weighted by molar-refractivity contribution is 6.34. The van der Waals surface area contributed by atoms with Crippen molar-refractivity contribution in [3.8, 4) is 0 Å². The summed E-state index contributed by atoms with van der Waals surface area (Å²) >= 11 is 0. The van der Waals surface area contributed by atoms with Crippen molar-refractivity contribution in [3.63, 3.8) is 0 Å². The van der Waals surface area contributed by atoms with Crippen LogP contribution in [-0.2, 0) is 9.53 Å². The number of hydrogen-bond donors (Lipinski definition) is 1. The molecule has 0 saturated carbocycles. The Bertz CT molecular complexity index is 916. The molecule has 0 atom stereocenters. The summed E-state index contributed by atoms with van der Waals surface area (Å²) in [6.45, 7) is 3.30. The van der Waals surface area contributed by atoms with E-state index in [4.69, 9.17) is 4.74 Å². The summed E-state index contributed by atoms with van der Waals surface area (Å²) in [6, 6.07) is 12.5. The molecule has 7 heteroatoms. The Hall–Kier alpha value is -3.74. The maximum Gasteiger partial charge on any atom is 0.338 e. The van der Waals surface area contributed by atoms with Crippen molar-refractivity contribution < 1.29 is 23.9 Å². The first-order chi connectivity index (χ1) is 13.0. The second kappa shape index (κ2) is 7.65. The van der Waals surface area contributed by atoms with Crippen LogP contribution in [0.2, 0.25) is 0 Å². The highest BCUT2D eigenvalue weighted by Gasteiger charge is 2.36. The summed E-state index contributed by atoms with van der Waals surface area (Å²) in [5.41, 5.74) is 1.01. The van der Waals surface area contributed by atoms with Gasteiger partial charge in [0.2, 0.25) is 0 Å². The van der Waals surface area contributed by atoms with Gasteiger partial charge in [0.05, 0.1) is 22.4 Å². The lowest BCUT2D eigenvalue weighted by atomic mass is 10.1. The highest BCUT2D eigenvalue weighted by atomic mass is 16.5. The van der Waals surface area contributed by atoms with E-state index in [1.54, 1.807) is 30.3 Å². The van der Waals surface area contributed by atoms with Crippen molar-refractivity contribution in [3.05, 3.63) is 77.9 Å². The van der Waals surface area contributed by atoms with Gasteiger partial charge in [-0.2, -0.15) is 0 Å². The van der Waals surface area contributed by atoms with E-state index in [9.17, 15) is 19.2 Å². The Morgan fingerprint density at radius 1 is 1.04 bits per heavy atom. The van der Waals surface area contributed by atoms with Crippen molar-refractivity contribution in [2.24, 2.45) is 0 Å². The van der Waals surface area contributed by atoms with Gasteiger partial charge in [0, 0.05) is 6.54 Å². The van der Waals surface area contributed by atoms with Crippen LogP contribution in [0.1, 0.15) is 31.1 Å². The molecule has 27 heavy (non-hydrogen) atoms. The molecule has 136 valence electrons. The predicted octanol–water partition coefficient (Wildman–Crippen LogP) is 1.95. The summed E-state index contributed by atoms with van der Waals surface area (Å²) in [5.74, 6) is -2.10. The van der Waals surface area contributed by atoms with Crippen LogP contribution < -0.4 is 10.2 Å². The van der Waals surface area contributed by atoms with E-state index < -0.39 is 30.3 Å². The van der Waals surface area contributed by atoms with Crippen molar-refractivity contribution in [2.45, 2.75) is 0 Å². The Balaban J connectivity index is 1.76. The Kier molecular flexibility index (Phi) is 5.12. The normalized spacial score (nSPS) is 12.5. The molecule has 1 aliphatic rings. The van der Waals surface area contributed by atoms with E-state index in [0.717, 1.165) is 4.90 Å². The second-order valence-corrected chi connectivity index (χ2v) is 5.71. The van der Waals surface area contributed by atoms with Crippen molar-refractivity contribution in [2.75, 3.05) is 18.1 Å². The van der Waals surface area contributed by atoms with Crippen LogP contribution in [0.4, 0.5) is 5.69 Å². The minimum atomic E-state index is -0.734.